The number of halogens is 1. The monoisotopic (exact) mass is 312 g/mol. The van der Waals surface area contributed by atoms with Gasteiger partial charge < -0.3 is 11.1 Å². The molecule has 0 saturated heterocycles. The highest BCUT2D eigenvalue weighted by molar-refractivity contribution is 9.10. The second kappa shape index (κ2) is 7.54. The lowest BCUT2D eigenvalue weighted by molar-refractivity contribution is -0.116. The molecule has 0 fully saturated rings. The summed E-state index contributed by atoms with van der Waals surface area (Å²) in [6.07, 6.45) is 2.41. The van der Waals surface area contributed by atoms with Gasteiger partial charge in [0.05, 0.1) is 0 Å². The molecule has 0 heterocycles. The number of nitrogens with two attached hydrogens (primary N) is 1. The fourth-order valence-corrected chi connectivity index (χ4v) is 2.08. The summed E-state index contributed by atoms with van der Waals surface area (Å²) in [5.41, 5.74) is 7.48. The van der Waals surface area contributed by atoms with E-state index in [9.17, 15) is 4.79 Å². The average molecular weight is 313 g/mol. The zero-order chi connectivity index (χ0) is 13.5. The van der Waals surface area contributed by atoms with E-state index in [2.05, 4.69) is 28.2 Å². The van der Waals surface area contributed by atoms with E-state index in [-0.39, 0.29) is 5.91 Å². The molecule has 1 aromatic rings. The van der Waals surface area contributed by atoms with Crippen LogP contribution in [0.3, 0.4) is 0 Å². The van der Waals surface area contributed by atoms with Crippen LogP contribution in [0.25, 0.3) is 0 Å². The van der Waals surface area contributed by atoms with Gasteiger partial charge >= 0.3 is 0 Å². The first-order valence-corrected chi connectivity index (χ1v) is 7.08. The molecule has 18 heavy (non-hydrogen) atoms. The molecule has 100 valence electrons. The minimum atomic E-state index is 0.0645. The van der Waals surface area contributed by atoms with Crippen molar-refractivity contribution in [1.82, 2.24) is 0 Å². The second-order valence-electron chi connectivity index (χ2n) is 4.73. The molecule has 0 aliphatic rings. The number of carbonyl (C=O) groups is 1. The smallest absolute Gasteiger partial charge is 0.224 e. The molecule has 0 aliphatic heterocycles. The highest BCUT2D eigenvalue weighted by Gasteiger charge is 2.07. The summed E-state index contributed by atoms with van der Waals surface area (Å²) >= 11 is 3.45. The summed E-state index contributed by atoms with van der Waals surface area (Å²) < 4.78 is 1.01. The molecule has 1 aromatic carbocycles. The van der Waals surface area contributed by atoms with Gasteiger partial charge in [-0.2, -0.15) is 0 Å². The number of rotatable bonds is 6. The highest BCUT2D eigenvalue weighted by atomic mass is 79.9. The Morgan fingerprint density at radius 1 is 1.44 bits per heavy atom. The number of nitrogens with one attached hydrogen (secondary N) is 1. The minimum Gasteiger partial charge on any atom is -0.330 e. The van der Waals surface area contributed by atoms with Crippen molar-refractivity contribution in [2.24, 2.45) is 11.7 Å². The Kier molecular flexibility index (Phi) is 6.36. The predicted octanol–water partition coefficient (Wildman–Crippen LogP) is 3.46. The van der Waals surface area contributed by atoms with Gasteiger partial charge in [-0.1, -0.05) is 28.9 Å². The van der Waals surface area contributed by atoms with Gasteiger partial charge in [-0.05, 0) is 49.9 Å². The molecular weight excluding hydrogens is 292 g/mol. The Labute approximate surface area is 117 Å². The fraction of sp³-hybridized carbons (Fsp3) is 0.500. The lowest BCUT2D eigenvalue weighted by Crippen LogP contribution is -2.14. The van der Waals surface area contributed by atoms with Gasteiger partial charge in [0.1, 0.15) is 0 Å². The van der Waals surface area contributed by atoms with Crippen LogP contribution in [0.4, 0.5) is 5.69 Å². The van der Waals surface area contributed by atoms with Crippen molar-refractivity contribution in [1.29, 1.82) is 0 Å². The van der Waals surface area contributed by atoms with Crippen LogP contribution in [0, 0.1) is 12.8 Å². The molecule has 0 radical (unpaired) electrons. The number of carbonyl (C=O) groups excluding carboxylic acids is 1. The van der Waals surface area contributed by atoms with E-state index in [1.54, 1.807) is 0 Å². The quantitative estimate of drug-likeness (QED) is 0.845. The molecule has 1 amide bonds. The summed E-state index contributed by atoms with van der Waals surface area (Å²) in [7, 11) is 0. The van der Waals surface area contributed by atoms with E-state index >= 15 is 0 Å². The third kappa shape index (κ3) is 5.19. The maximum absolute atomic E-state index is 11.8. The highest BCUT2D eigenvalue weighted by Crippen LogP contribution is 2.21. The van der Waals surface area contributed by atoms with Crippen LogP contribution < -0.4 is 11.1 Å². The molecule has 4 heteroatoms. The van der Waals surface area contributed by atoms with Crippen molar-refractivity contribution in [2.75, 3.05) is 11.9 Å². The van der Waals surface area contributed by atoms with Crippen molar-refractivity contribution in [3.63, 3.8) is 0 Å². The van der Waals surface area contributed by atoms with Crippen molar-refractivity contribution >= 4 is 27.5 Å². The van der Waals surface area contributed by atoms with Crippen molar-refractivity contribution in [3.8, 4) is 0 Å². The summed E-state index contributed by atoms with van der Waals surface area (Å²) in [5, 5.41) is 2.91. The molecular formula is C14H21BrN2O. The molecule has 0 saturated carbocycles. The third-order valence-corrected chi connectivity index (χ3v) is 3.83. The zero-order valence-corrected chi connectivity index (χ0v) is 12.6. The number of hydrogen-bond acceptors (Lipinski definition) is 2. The van der Waals surface area contributed by atoms with E-state index < -0.39 is 0 Å². The van der Waals surface area contributed by atoms with Crippen molar-refractivity contribution in [2.45, 2.75) is 33.1 Å². The minimum absolute atomic E-state index is 0.0645. The second-order valence-corrected chi connectivity index (χ2v) is 5.59. The van der Waals surface area contributed by atoms with Gasteiger partial charge in [0.2, 0.25) is 5.91 Å². The molecule has 0 spiro atoms. The predicted molar refractivity (Wildman–Crippen MR) is 79.6 cm³/mol. The summed E-state index contributed by atoms with van der Waals surface area (Å²) in [6.45, 7) is 4.83. The van der Waals surface area contributed by atoms with Crippen LogP contribution in [0.2, 0.25) is 0 Å². The number of anilines is 1. The number of amides is 1. The largest absolute Gasteiger partial charge is 0.330 e. The Morgan fingerprint density at radius 3 is 2.78 bits per heavy atom. The maximum Gasteiger partial charge on any atom is 0.224 e. The fourth-order valence-electron chi connectivity index (χ4n) is 1.70. The molecule has 3 nitrogen and oxygen atoms in total. The van der Waals surface area contributed by atoms with Crippen molar-refractivity contribution < 1.29 is 4.79 Å². The number of hydrogen-bond donors (Lipinski definition) is 2. The van der Waals surface area contributed by atoms with Gasteiger partial charge in [-0.25, -0.2) is 0 Å². The normalized spacial score (nSPS) is 12.2. The molecule has 1 atom stereocenters. The first kappa shape index (κ1) is 15.2. The number of benzene rings is 1. The average Bonchev–Trinajstić information content (AvgIpc) is 2.32. The van der Waals surface area contributed by atoms with Crippen LogP contribution in [-0.4, -0.2) is 12.5 Å². The Morgan fingerprint density at radius 2 is 2.17 bits per heavy atom. The van der Waals surface area contributed by atoms with Crippen LogP contribution in [-0.2, 0) is 4.79 Å². The van der Waals surface area contributed by atoms with Gasteiger partial charge in [0.25, 0.3) is 0 Å². The first-order chi connectivity index (χ1) is 8.52. The molecule has 3 N–H and O–H groups in total. The van der Waals surface area contributed by atoms with Gasteiger partial charge in [0, 0.05) is 16.6 Å². The SMILES string of the molecule is Cc1ccc(NC(=O)CCC(C)CCN)cc1Br. The lowest BCUT2D eigenvalue weighted by Gasteiger charge is -2.10. The van der Waals surface area contributed by atoms with E-state index in [0.29, 0.717) is 18.9 Å². The van der Waals surface area contributed by atoms with E-state index in [1.807, 2.05) is 25.1 Å². The standard InChI is InChI=1S/C14H21BrN2O/c1-10(7-8-16)3-6-14(18)17-12-5-4-11(2)13(15)9-12/h4-5,9-10H,3,6-8,16H2,1-2H3,(H,17,18). The Hall–Kier alpha value is -0.870. The van der Waals surface area contributed by atoms with Gasteiger partial charge in [0.15, 0.2) is 0 Å². The summed E-state index contributed by atoms with van der Waals surface area (Å²) in [4.78, 5) is 11.8. The topological polar surface area (TPSA) is 55.1 Å². The first-order valence-electron chi connectivity index (χ1n) is 6.29. The van der Waals surface area contributed by atoms with Gasteiger partial charge in [-0.15, -0.1) is 0 Å². The van der Waals surface area contributed by atoms with Crippen LogP contribution in [0.1, 0.15) is 31.7 Å². The van der Waals surface area contributed by atoms with E-state index in [4.69, 9.17) is 5.73 Å². The third-order valence-electron chi connectivity index (χ3n) is 2.98. The van der Waals surface area contributed by atoms with E-state index in [1.165, 1.54) is 0 Å². The van der Waals surface area contributed by atoms with Crippen LogP contribution in [0.15, 0.2) is 22.7 Å². The lowest BCUT2D eigenvalue weighted by atomic mass is 10.0. The summed E-state index contributed by atoms with van der Waals surface area (Å²) in [5.74, 6) is 0.570. The molecule has 1 unspecified atom stereocenters. The summed E-state index contributed by atoms with van der Waals surface area (Å²) in [6, 6.07) is 5.83. The number of aryl methyl sites for hydroxylation is 1. The van der Waals surface area contributed by atoms with Crippen molar-refractivity contribution in [3.05, 3.63) is 28.2 Å². The van der Waals surface area contributed by atoms with E-state index in [0.717, 1.165) is 28.6 Å². The maximum atomic E-state index is 11.8. The van der Waals surface area contributed by atoms with Crippen LogP contribution >= 0.6 is 15.9 Å². The molecule has 0 bridgehead atoms. The Balaban J connectivity index is 2.42. The molecule has 1 rings (SSSR count). The Bertz CT molecular complexity index is 407. The van der Waals surface area contributed by atoms with Gasteiger partial charge in [-0.3, -0.25) is 4.79 Å². The zero-order valence-electron chi connectivity index (χ0n) is 11.0. The molecule has 0 aromatic heterocycles. The van der Waals surface area contributed by atoms with Crippen LogP contribution in [0.5, 0.6) is 0 Å². The molecule has 0 aliphatic carbocycles.